The maximum Gasteiger partial charge on any atom is 0.162 e. The van der Waals surface area contributed by atoms with E-state index in [0.717, 1.165) is 72.7 Å². The average Bonchev–Trinajstić information content (AvgIpc) is 3.48. The van der Waals surface area contributed by atoms with Gasteiger partial charge in [0.2, 0.25) is 0 Å². The van der Waals surface area contributed by atoms with Crippen molar-refractivity contribution in [2.24, 2.45) is 0 Å². The molecule has 1 saturated heterocycles. The largest absolute Gasteiger partial charge is 0.493 e. The molecule has 3 heterocycles. The van der Waals surface area contributed by atoms with Crippen LogP contribution in [0.5, 0.6) is 11.5 Å². The van der Waals surface area contributed by atoms with Crippen LogP contribution in [0.3, 0.4) is 0 Å². The summed E-state index contributed by atoms with van der Waals surface area (Å²) in [4.78, 5) is 11.4. The van der Waals surface area contributed by atoms with Crippen molar-refractivity contribution < 1.29 is 14.2 Å². The lowest BCUT2D eigenvalue weighted by atomic mass is 10.1. The number of aromatic nitrogens is 5. The lowest BCUT2D eigenvalue weighted by Crippen LogP contribution is -2.37. The van der Waals surface area contributed by atoms with E-state index in [9.17, 15) is 0 Å². The van der Waals surface area contributed by atoms with Crippen molar-refractivity contribution in [3.05, 3.63) is 83.8 Å². The fourth-order valence-corrected chi connectivity index (χ4v) is 5.17. The zero-order valence-electron chi connectivity index (χ0n) is 23.4. The molecule has 1 aliphatic rings. The zero-order valence-corrected chi connectivity index (χ0v) is 24.1. The molecule has 0 unspecified atom stereocenters. The molecule has 42 heavy (non-hydrogen) atoms. The Labute approximate surface area is 249 Å². The third kappa shape index (κ3) is 6.79. The first-order valence-corrected chi connectivity index (χ1v) is 14.3. The van der Waals surface area contributed by atoms with Crippen LogP contribution in [0.15, 0.2) is 73.2 Å². The molecule has 216 valence electrons. The summed E-state index contributed by atoms with van der Waals surface area (Å²) in [6.45, 7) is 5.65. The summed E-state index contributed by atoms with van der Waals surface area (Å²) < 4.78 is 19.0. The van der Waals surface area contributed by atoms with Gasteiger partial charge < -0.3 is 19.5 Å². The van der Waals surface area contributed by atoms with E-state index in [1.807, 2.05) is 66.9 Å². The first-order chi connectivity index (χ1) is 20.6. The fourth-order valence-electron chi connectivity index (χ4n) is 4.95. The summed E-state index contributed by atoms with van der Waals surface area (Å²) in [5, 5.41) is 13.7. The highest BCUT2D eigenvalue weighted by Crippen LogP contribution is 2.35. The van der Waals surface area contributed by atoms with E-state index < -0.39 is 0 Å². The summed E-state index contributed by atoms with van der Waals surface area (Å²) in [6.07, 6.45) is 4.38. The summed E-state index contributed by atoms with van der Waals surface area (Å²) in [5.74, 6) is 1.97. The Morgan fingerprint density at radius 1 is 1.00 bits per heavy atom. The Kier molecular flexibility index (Phi) is 8.74. The van der Waals surface area contributed by atoms with Crippen molar-refractivity contribution in [3.8, 4) is 22.8 Å². The number of nitrogens with zero attached hydrogens (tertiary/aromatic N) is 6. The molecule has 1 aliphatic heterocycles. The predicted octanol–water partition coefficient (Wildman–Crippen LogP) is 5.44. The minimum atomic E-state index is 0.579. The molecule has 0 bridgehead atoms. The molecule has 5 aromatic rings. The lowest BCUT2D eigenvalue weighted by Gasteiger charge is -2.26. The first-order valence-electron chi connectivity index (χ1n) is 13.9. The highest BCUT2D eigenvalue weighted by Gasteiger charge is 2.14. The van der Waals surface area contributed by atoms with Gasteiger partial charge in [-0.05, 0) is 42.3 Å². The Bertz CT molecular complexity index is 1660. The summed E-state index contributed by atoms with van der Waals surface area (Å²) in [6, 6.07) is 19.5. The van der Waals surface area contributed by atoms with E-state index in [4.69, 9.17) is 25.8 Å². The van der Waals surface area contributed by atoms with Crippen molar-refractivity contribution in [1.29, 1.82) is 0 Å². The van der Waals surface area contributed by atoms with Crippen molar-refractivity contribution in [2.45, 2.75) is 13.0 Å². The van der Waals surface area contributed by atoms with E-state index in [1.165, 1.54) is 6.33 Å². The molecule has 0 saturated carbocycles. The SMILES string of the molecule is COc1cc2ncnc(Nc3cccc(-c4cn(Cc5cccc(Cl)c5)nn4)c3)c2cc1OCCCN1CCOCC1. The van der Waals surface area contributed by atoms with E-state index in [2.05, 4.69) is 30.5 Å². The van der Waals surface area contributed by atoms with Crippen LogP contribution in [0.4, 0.5) is 11.5 Å². The number of morpholine rings is 1. The van der Waals surface area contributed by atoms with Gasteiger partial charge in [0.15, 0.2) is 11.5 Å². The van der Waals surface area contributed by atoms with Gasteiger partial charge in [0, 0.05) is 47.4 Å². The number of benzene rings is 3. The van der Waals surface area contributed by atoms with Crippen LogP contribution in [-0.4, -0.2) is 76.4 Å². The molecule has 0 aliphatic carbocycles. The summed E-state index contributed by atoms with van der Waals surface area (Å²) >= 11 is 6.13. The Hall–Kier alpha value is -4.25. The van der Waals surface area contributed by atoms with E-state index in [1.54, 1.807) is 11.8 Å². The van der Waals surface area contributed by atoms with Crippen molar-refractivity contribution in [1.82, 2.24) is 29.9 Å². The number of halogens is 1. The van der Waals surface area contributed by atoms with Gasteiger partial charge in [-0.25, -0.2) is 14.6 Å². The maximum absolute atomic E-state index is 6.17. The molecule has 1 fully saturated rings. The normalized spacial score (nSPS) is 13.8. The molecular formula is C31H32ClN7O3. The topological polar surface area (TPSA) is 99.5 Å². The maximum atomic E-state index is 6.17. The number of nitrogens with one attached hydrogen (secondary N) is 1. The number of fused-ring (bicyclic) bond motifs is 1. The minimum absolute atomic E-state index is 0.579. The van der Waals surface area contributed by atoms with Gasteiger partial charge in [0.1, 0.15) is 17.8 Å². The molecule has 0 spiro atoms. The van der Waals surface area contributed by atoms with Crippen molar-refractivity contribution in [3.63, 3.8) is 0 Å². The minimum Gasteiger partial charge on any atom is -0.493 e. The van der Waals surface area contributed by atoms with Crippen LogP contribution in [0, 0.1) is 0 Å². The predicted molar refractivity (Wildman–Crippen MR) is 163 cm³/mol. The molecule has 0 radical (unpaired) electrons. The van der Waals surface area contributed by atoms with Crippen LogP contribution in [0.2, 0.25) is 5.02 Å². The number of methoxy groups -OCH3 is 1. The first kappa shape index (κ1) is 27.9. The second-order valence-electron chi connectivity index (χ2n) is 10.0. The quantitative estimate of drug-likeness (QED) is 0.203. The Morgan fingerprint density at radius 2 is 1.88 bits per heavy atom. The van der Waals surface area contributed by atoms with E-state index in [0.29, 0.717) is 35.5 Å². The molecule has 10 nitrogen and oxygen atoms in total. The number of rotatable bonds is 11. The van der Waals surface area contributed by atoms with Crippen molar-refractivity contribution >= 4 is 34.0 Å². The number of hydrogen-bond acceptors (Lipinski definition) is 9. The van der Waals surface area contributed by atoms with Gasteiger partial charge in [-0.15, -0.1) is 5.10 Å². The molecule has 0 atom stereocenters. The standard InChI is InChI=1S/C31H32ClN7O3/c1-40-29-18-27-26(17-30(29)42-12-4-9-38-10-13-41-14-11-38)31(34-21-33-27)35-25-8-3-6-23(16-25)28-20-39(37-36-28)19-22-5-2-7-24(32)15-22/h2-3,5-8,15-18,20-21H,4,9-14,19H2,1H3,(H,33,34,35). The molecule has 0 amide bonds. The van der Waals surface area contributed by atoms with Gasteiger partial charge in [-0.3, -0.25) is 4.90 Å². The van der Waals surface area contributed by atoms with Crippen LogP contribution in [0.1, 0.15) is 12.0 Å². The van der Waals surface area contributed by atoms with Gasteiger partial charge in [0.05, 0.1) is 45.2 Å². The molecule has 1 N–H and O–H groups in total. The highest BCUT2D eigenvalue weighted by molar-refractivity contribution is 6.30. The molecule has 3 aromatic carbocycles. The zero-order chi connectivity index (χ0) is 28.7. The summed E-state index contributed by atoms with van der Waals surface area (Å²) in [7, 11) is 1.64. The van der Waals surface area contributed by atoms with Crippen LogP contribution in [-0.2, 0) is 11.3 Å². The average molecular weight is 586 g/mol. The summed E-state index contributed by atoms with van der Waals surface area (Å²) in [5.41, 5.74) is 4.38. The van der Waals surface area contributed by atoms with Crippen LogP contribution in [0.25, 0.3) is 22.2 Å². The molecular weight excluding hydrogens is 554 g/mol. The fraction of sp³-hybridized carbons (Fsp3) is 0.290. The van der Waals surface area contributed by atoms with Crippen molar-refractivity contribution in [2.75, 3.05) is 51.9 Å². The van der Waals surface area contributed by atoms with Crippen LogP contribution < -0.4 is 14.8 Å². The third-order valence-corrected chi connectivity index (χ3v) is 7.33. The Balaban J connectivity index is 1.17. The van der Waals surface area contributed by atoms with Gasteiger partial charge >= 0.3 is 0 Å². The van der Waals surface area contributed by atoms with Gasteiger partial charge in [-0.2, -0.15) is 0 Å². The second kappa shape index (κ2) is 13.2. The smallest absolute Gasteiger partial charge is 0.162 e. The third-order valence-electron chi connectivity index (χ3n) is 7.09. The molecule has 6 rings (SSSR count). The monoisotopic (exact) mass is 585 g/mol. The molecule has 2 aromatic heterocycles. The number of anilines is 2. The van der Waals surface area contributed by atoms with E-state index >= 15 is 0 Å². The lowest BCUT2D eigenvalue weighted by molar-refractivity contribution is 0.0357. The van der Waals surface area contributed by atoms with E-state index in [-0.39, 0.29) is 0 Å². The second-order valence-corrected chi connectivity index (χ2v) is 10.5. The highest BCUT2D eigenvalue weighted by atomic mass is 35.5. The van der Waals surface area contributed by atoms with Gasteiger partial charge in [0.25, 0.3) is 0 Å². The number of ether oxygens (including phenoxy) is 3. The molecule has 11 heteroatoms. The number of hydrogen-bond donors (Lipinski definition) is 1. The van der Waals surface area contributed by atoms with Crippen LogP contribution >= 0.6 is 11.6 Å². The Morgan fingerprint density at radius 3 is 2.74 bits per heavy atom. The van der Waals surface area contributed by atoms with Gasteiger partial charge in [-0.1, -0.05) is 41.1 Å².